The molecule has 6 heteroatoms. The molecule has 0 saturated carbocycles. The van der Waals surface area contributed by atoms with Crippen LogP contribution in [-0.2, 0) is 11.3 Å². The van der Waals surface area contributed by atoms with Crippen molar-refractivity contribution in [3.63, 3.8) is 0 Å². The van der Waals surface area contributed by atoms with E-state index in [4.69, 9.17) is 0 Å². The highest BCUT2D eigenvalue weighted by molar-refractivity contribution is 5.98. The van der Waals surface area contributed by atoms with E-state index in [1.54, 1.807) is 17.0 Å². The number of hydrogen-bond donors (Lipinski definition) is 0. The predicted octanol–water partition coefficient (Wildman–Crippen LogP) is 4.26. The van der Waals surface area contributed by atoms with Crippen molar-refractivity contribution in [1.29, 1.82) is 0 Å². The zero-order valence-corrected chi connectivity index (χ0v) is 18.4. The van der Waals surface area contributed by atoms with Crippen molar-refractivity contribution in [3.8, 4) is 0 Å². The van der Waals surface area contributed by atoms with Gasteiger partial charge in [0.15, 0.2) is 0 Å². The first-order chi connectivity index (χ1) is 16.1. The van der Waals surface area contributed by atoms with Gasteiger partial charge >= 0.3 is 0 Å². The molecule has 0 bridgehead atoms. The first kappa shape index (κ1) is 21.2. The fourth-order valence-corrected chi connectivity index (χ4v) is 4.77. The fraction of sp³-hybridized carbons (Fsp3) is 0.259. The van der Waals surface area contributed by atoms with Crippen LogP contribution >= 0.6 is 0 Å². The van der Waals surface area contributed by atoms with Crippen LogP contribution in [0.25, 0.3) is 0 Å². The monoisotopic (exact) mass is 443 g/mol. The van der Waals surface area contributed by atoms with E-state index in [1.807, 2.05) is 47.4 Å². The van der Waals surface area contributed by atoms with Crippen LogP contribution in [0.2, 0.25) is 0 Å². The Balaban J connectivity index is 1.32. The summed E-state index contributed by atoms with van der Waals surface area (Å²) in [6.45, 7) is 3.26. The smallest absolute Gasteiger partial charge is 0.255 e. The standard InChI is InChI=1S/C27H26FN3O2/c28-22-12-10-20(11-13-22)25(31-19-21-6-4-5-9-24(21)27(31)33)18-26(32)30-16-14-29(15-17-30)23-7-2-1-3-8-23/h1-13,25H,14-19H2/t25-/m0/s1. The Labute approximate surface area is 193 Å². The van der Waals surface area contributed by atoms with Crippen LogP contribution in [0.4, 0.5) is 10.1 Å². The van der Waals surface area contributed by atoms with E-state index in [0.717, 1.165) is 29.9 Å². The number of carbonyl (C=O) groups is 2. The number of rotatable bonds is 5. The highest BCUT2D eigenvalue weighted by atomic mass is 19.1. The molecule has 3 aromatic rings. The molecule has 168 valence electrons. The van der Waals surface area contributed by atoms with Crippen molar-refractivity contribution in [2.45, 2.75) is 19.0 Å². The van der Waals surface area contributed by atoms with Crippen molar-refractivity contribution in [2.24, 2.45) is 0 Å². The number of benzene rings is 3. The van der Waals surface area contributed by atoms with E-state index in [0.29, 0.717) is 25.2 Å². The Hall–Kier alpha value is -3.67. The van der Waals surface area contributed by atoms with Crippen molar-refractivity contribution < 1.29 is 14.0 Å². The first-order valence-corrected chi connectivity index (χ1v) is 11.3. The lowest BCUT2D eigenvalue weighted by molar-refractivity contribution is -0.132. The molecule has 0 aliphatic carbocycles. The summed E-state index contributed by atoms with van der Waals surface area (Å²) in [5.41, 5.74) is 3.56. The van der Waals surface area contributed by atoms with Gasteiger partial charge in [0.05, 0.1) is 12.5 Å². The number of para-hydroxylation sites is 1. The molecular formula is C27H26FN3O2. The van der Waals surface area contributed by atoms with Crippen LogP contribution in [0, 0.1) is 5.82 Å². The zero-order valence-electron chi connectivity index (χ0n) is 18.4. The molecule has 2 amide bonds. The van der Waals surface area contributed by atoms with Crippen LogP contribution in [0.5, 0.6) is 0 Å². The van der Waals surface area contributed by atoms with Gasteiger partial charge in [0.2, 0.25) is 5.91 Å². The molecule has 0 unspecified atom stereocenters. The predicted molar refractivity (Wildman–Crippen MR) is 125 cm³/mol. The normalized spacial score (nSPS) is 16.6. The average Bonchev–Trinajstić information content (AvgIpc) is 3.20. The maximum absolute atomic E-state index is 13.6. The number of halogens is 1. The summed E-state index contributed by atoms with van der Waals surface area (Å²) in [4.78, 5) is 32.4. The molecule has 0 N–H and O–H groups in total. The highest BCUT2D eigenvalue weighted by Crippen LogP contribution is 2.34. The summed E-state index contributed by atoms with van der Waals surface area (Å²) in [6.07, 6.45) is 0.177. The molecule has 0 radical (unpaired) electrons. The minimum absolute atomic E-state index is 0.0146. The highest BCUT2D eigenvalue weighted by Gasteiger charge is 2.35. The third-order valence-electron chi connectivity index (χ3n) is 6.60. The maximum Gasteiger partial charge on any atom is 0.255 e. The van der Waals surface area contributed by atoms with E-state index < -0.39 is 6.04 Å². The SMILES string of the molecule is O=C(C[C@@H](c1ccc(F)cc1)N1Cc2ccccc2C1=O)N1CCN(c2ccccc2)CC1. The fourth-order valence-electron chi connectivity index (χ4n) is 4.77. The van der Waals surface area contributed by atoms with Crippen LogP contribution in [0.15, 0.2) is 78.9 Å². The summed E-state index contributed by atoms with van der Waals surface area (Å²) < 4.78 is 13.6. The molecule has 1 saturated heterocycles. The van der Waals surface area contributed by atoms with E-state index in [2.05, 4.69) is 17.0 Å². The second-order valence-electron chi connectivity index (χ2n) is 8.57. The van der Waals surface area contributed by atoms with Gasteiger partial charge in [-0.25, -0.2) is 4.39 Å². The van der Waals surface area contributed by atoms with E-state index >= 15 is 0 Å². The number of amides is 2. The Morgan fingerprint density at radius 1 is 0.848 bits per heavy atom. The number of piperazine rings is 1. The number of anilines is 1. The van der Waals surface area contributed by atoms with E-state index in [-0.39, 0.29) is 24.1 Å². The molecular weight excluding hydrogens is 417 g/mol. The van der Waals surface area contributed by atoms with Gasteiger partial charge in [-0.3, -0.25) is 9.59 Å². The molecule has 3 aromatic carbocycles. The molecule has 2 aliphatic rings. The maximum atomic E-state index is 13.6. The van der Waals surface area contributed by atoms with Crippen molar-refractivity contribution in [2.75, 3.05) is 31.1 Å². The Morgan fingerprint density at radius 3 is 2.21 bits per heavy atom. The lowest BCUT2D eigenvalue weighted by Crippen LogP contribution is -2.49. The molecule has 0 spiro atoms. The number of carbonyl (C=O) groups excluding carboxylic acids is 2. The van der Waals surface area contributed by atoms with Crippen LogP contribution in [-0.4, -0.2) is 47.8 Å². The van der Waals surface area contributed by atoms with Gasteiger partial charge in [0.25, 0.3) is 5.91 Å². The summed E-state index contributed by atoms with van der Waals surface area (Å²) in [5.74, 6) is -0.403. The molecule has 5 rings (SSSR count). The zero-order chi connectivity index (χ0) is 22.8. The van der Waals surface area contributed by atoms with Crippen LogP contribution in [0.3, 0.4) is 0 Å². The average molecular weight is 444 g/mol. The molecule has 0 aromatic heterocycles. The lowest BCUT2D eigenvalue weighted by Gasteiger charge is -2.37. The minimum Gasteiger partial charge on any atom is -0.368 e. The topological polar surface area (TPSA) is 43.9 Å². The quantitative estimate of drug-likeness (QED) is 0.592. The summed E-state index contributed by atoms with van der Waals surface area (Å²) >= 11 is 0. The molecule has 1 fully saturated rings. The van der Waals surface area contributed by atoms with Gasteiger partial charge in [0, 0.05) is 44.0 Å². The number of fused-ring (bicyclic) bond motifs is 1. The molecule has 1 atom stereocenters. The van der Waals surface area contributed by atoms with Gasteiger partial charge in [0.1, 0.15) is 5.82 Å². The summed E-state index contributed by atoms with van der Waals surface area (Å²) in [5, 5.41) is 0. The Morgan fingerprint density at radius 2 is 1.52 bits per heavy atom. The number of nitrogens with zero attached hydrogens (tertiary/aromatic N) is 3. The van der Waals surface area contributed by atoms with E-state index in [1.165, 1.54) is 12.1 Å². The first-order valence-electron chi connectivity index (χ1n) is 11.3. The van der Waals surface area contributed by atoms with Crippen molar-refractivity contribution in [3.05, 3.63) is 101 Å². The van der Waals surface area contributed by atoms with Gasteiger partial charge in [-0.1, -0.05) is 48.5 Å². The molecule has 5 nitrogen and oxygen atoms in total. The van der Waals surface area contributed by atoms with Gasteiger partial charge in [-0.15, -0.1) is 0 Å². The Bertz CT molecular complexity index is 1140. The molecule has 2 heterocycles. The lowest BCUT2D eigenvalue weighted by atomic mass is 10.0. The van der Waals surface area contributed by atoms with Crippen LogP contribution in [0.1, 0.15) is 33.9 Å². The Kier molecular flexibility index (Phi) is 5.82. The number of hydrogen-bond acceptors (Lipinski definition) is 3. The third-order valence-corrected chi connectivity index (χ3v) is 6.60. The second kappa shape index (κ2) is 9.06. The largest absolute Gasteiger partial charge is 0.368 e. The van der Waals surface area contributed by atoms with Crippen LogP contribution < -0.4 is 4.90 Å². The van der Waals surface area contributed by atoms with Gasteiger partial charge in [-0.2, -0.15) is 0 Å². The summed E-state index contributed by atoms with van der Waals surface area (Å²) in [6, 6.07) is 23.4. The van der Waals surface area contributed by atoms with Crippen molar-refractivity contribution in [1.82, 2.24) is 9.80 Å². The molecule has 33 heavy (non-hydrogen) atoms. The van der Waals surface area contributed by atoms with Gasteiger partial charge < -0.3 is 14.7 Å². The minimum atomic E-state index is -0.440. The van der Waals surface area contributed by atoms with Gasteiger partial charge in [-0.05, 0) is 41.5 Å². The summed E-state index contributed by atoms with van der Waals surface area (Å²) in [7, 11) is 0. The van der Waals surface area contributed by atoms with Crippen molar-refractivity contribution >= 4 is 17.5 Å². The third kappa shape index (κ3) is 4.33. The molecule has 2 aliphatic heterocycles. The second-order valence-corrected chi connectivity index (χ2v) is 8.57. The van der Waals surface area contributed by atoms with E-state index in [9.17, 15) is 14.0 Å².